The van der Waals surface area contributed by atoms with Gasteiger partial charge >= 0.3 is 0 Å². The van der Waals surface area contributed by atoms with E-state index in [1.165, 1.54) is 0 Å². The van der Waals surface area contributed by atoms with Crippen molar-refractivity contribution in [2.75, 3.05) is 26.2 Å². The van der Waals surface area contributed by atoms with Crippen molar-refractivity contribution in [3.63, 3.8) is 0 Å². The van der Waals surface area contributed by atoms with Gasteiger partial charge in [0.25, 0.3) is 0 Å². The number of ether oxygens (including phenoxy) is 1. The fourth-order valence-electron chi connectivity index (χ4n) is 2.77. The van der Waals surface area contributed by atoms with Gasteiger partial charge in [0.1, 0.15) is 18.5 Å². The zero-order chi connectivity index (χ0) is 16.7. The molecule has 1 fully saturated rings. The number of hydrogen-bond donors (Lipinski definition) is 2. The van der Waals surface area contributed by atoms with Gasteiger partial charge in [-0.3, -0.25) is 9.69 Å². The highest BCUT2D eigenvalue weighted by atomic mass is 16.5. The summed E-state index contributed by atoms with van der Waals surface area (Å²) < 4.78 is 5.59. The highest BCUT2D eigenvalue weighted by Gasteiger charge is 2.23. The van der Waals surface area contributed by atoms with E-state index in [1.54, 1.807) is 0 Å². The fraction of sp³-hybridized carbons (Fsp3) is 0.611. The zero-order valence-electron chi connectivity index (χ0n) is 14.1. The summed E-state index contributed by atoms with van der Waals surface area (Å²) in [7, 11) is 0. The number of carbonyl (C=O) groups excluding carboxylic acids is 1. The van der Waals surface area contributed by atoms with Gasteiger partial charge in [0.15, 0.2) is 0 Å². The first-order chi connectivity index (χ1) is 11.0. The van der Waals surface area contributed by atoms with Crippen LogP contribution in [0.5, 0.6) is 5.75 Å². The molecular weight excluding hydrogens is 292 g/mol. The van der Waals surface area contributed by atoms with Crippen LogP contribution in [0.15, 0.2) is 30.3 Å². The normalized spacial score (nSPS) is 20.3. The molecule has 0 spiro atoms. The highest BCUT2D eigenvalue weighted by Crippen LogP contribution is 2.12. The molecule has 1 aromatic rings. The highest BCUT2D eigenvalue weighted by molar-refractivity contribution is 5.78. The Balaban J connectivity index is 1.72. The Morgan fingerprint density at radius 1 is 1.39 bits per heavy atom. The van der Waals surface area contributed by atoms with Crippen LogP contribution in [0, 0.1) is 5.92 Å². The maximum atomic E-state index is 11.8. The van der Waals surface area contributed by atoms with Gasteiger partial charge in [-0.1, -0.05) is 32.0 Å². The minimum atomic E-state index is -0.533. The van der Waals surface area contributed by atoms with Crippen LogP contribution in [0.2, 0.25) is 0 Å². The molecule has 0 radical (unpaired) electrons. The monoisotopic (exact) mass is 320 g/mol. The van der Waals surface area contributed by atoms with Crippen LogP contribution in [-0.4, -0.2) is 54.3 Å². The second-order valence-corrected chi connectivity index (χ2v) is 6.54. The van der Waals surface area contributed by atoms with E-state index < -0.39 is 6.10 Å². The standard InChI is InChI=1S/C18H28N2O3/c1-14(2)18(22)19-15-7-6-10-20(11-15)12-16(21)13-23-17-8-4-3-5-9-17/h3-5,8-9,14-16,21H,6-7,10-13H2,1-2H3,(H,19,22). The minimum Gasteiger partial charge on any atom is -0.491 e. The molecule has 0 bridgehead atoms. The number of rotatable bonds is 7. The molecule has 5 heteroatoms. The topological polar surface area (TPSA) is 61.8 Å². The van der Waals surface area contributed by atoms with Crippen LogP contribution in [0.25, 0.3) is 0 Å². The Morgan fingerprint density at radius 3 is 2.83 bits per heavy atom. The number of nitrogens with one attached hydrogen (secondary N) is 1. The molecule has 1 aromatic carbocycles. The smallest absolute Gasteiger partial charge is 0.222 e. The van der Waals surface area contributed by atoms with Gasteiger partial charge in [0.2, 0.25) is 5.91 Å². The number of likely N-dealkylation sites (tertiary alicyclic amines) is 1. The average molecular weight is 320 g/mol. The number of hydrogen-bond acceptors (Lipinski definition) is 4. The van der Waals surface area contributed by atoms with Crippen molar-refractivity contribution in [1.82, 2.24) is 10.2 Å². The zero-order valence-corrected chi connectivity index (χ0v) is 14.1. The summed E-state index contributed by atoms with van der Waals surface area (Å²) in [6, 6.07) is 9.70. The lowest BCUT2D eigenvalue weighted by molar-refractivity contribution is -0.125. The van der Waals surface area contributed by atoms with E-state index in [9.17, 15) is 9.90 Å². The molecule has 1 saturated heterocycles. The lowest BCUT2D eigenvalue weighted by atomic mass is 10.0. The van der Waals surface area contributed by atoms with Crippen molar-refractivity contribution in [3.8, 4) is 5.75 Å². The van der Waals surface area contributed by atoms with Crippen molar-refractivity contribution < 1.29 is 14.6 Å². The van der Waals surface area contributed by atoms with E-state index in [2.05, 4.69) is 10.2 Å². The van der Waals surface area contributed by atoms with Gasteiger partial charge in [-0.15, -0.1) is 0 Å². The summed E-state index contributed by atoms with van der Waals surface area (Å²) in [6.07, 6.45) is 1.51. The molecule has 23 heavy (non-hydrogen) atoms. The lowest BCUT2D eigenvalue weighted by Gasteiger charge is -2.34. The molecule has 1 aliphatic heterocycles. The van der Waals surface area contributed by atoms with E-state index in [4.69, 9.17) is 4.74 Å². The molecule has 1 heterocycles. The summed E-state index contributed by atoms with van der Waals surface area (Å²) in [5, 5.41) is 13.3. The molecule has 0 aliphatic carbocycles. The maximum Gasteiger partial charge on any atom is 0.222 e. The number of amides is 1. The molecule has 5 nitrogen and oxygen atoms in total. The number of benzene rings is 1. The van der Waals surface area contributed by atoms with Gasteiger partial charge in [0, 0.05) is 25.0 Å². The summed E-state index contributed by atoms with van der Waals surface area (Å²) in [6.45, 7) is 6.41. The average Bonchev–Trinajstić information content (AvgIpc) is 2.54. The molecule has 1 amide bonds. The first-order valence-electron chi connectivity index (χ1n) is 8.43. The Labute approximate surface area is 138 Å². The molecule has 2 rings (SSSR count). The third-order valence-electron chi connectivity index (χ3n) is 4.03. The predicted molar refractivity (Wildman–Crippen MR) is 90.4 cm³/mol. The van der Waals surface area contributed by atoms with Gasteiger partial charge in [-0.25, -0.2) is 0 Å². The second kappa shape index (κ2) is 8.89. The number of aliphatic hydroxyl groups is 1. The van der Waals surface area contributed by atoms with Crippen LogP contribution in [0.4, 0.5) is 0 Å². The largest absolute Gasteiger partial charge is 0.491 e. The molecule has 2 atom stereocenters. The van der Waals surface area contributed by atoms with Crippen LogP contribution in [0.1, 0.15) is 26.7 Å². The van der Waals surface area contributed by atoms with Crippen molar-refractivity contribution in [1.29, 1.82) is 0 Å². The number of piperidine rings is 1. The van der Waals surface area contributed by atoms with Gasteiger partial charge < -0.3 is 15.2 Å². The molecule has 0 saturated carbocycles. The van der Waals surface area contributed by atoms with Gasteiger partial charge in [0.05, 0.1) is 0 Å². The number of carbonyl (C=O) groups is 1. The molecule has 1 aliphatic rings. The Bertz CT molecular complexity index is 478. The Kier molecular flexibility index (Phi) is 6.86. The quantitative estimate of drug-likeness (QED) is 0.802. The number of aliphatic hydroxyl groups excluding tert-OH is 1. The number of para-hydroxylation sites is 1. The fourth-order valence-corrected chi connectivity index (χ4v) is 2.77. The van der Waals surface area contributed by atoms with E-state index in [-0.39, 0.29) is 24.5 Å². The molecule has 2 unspecified atom stereocenters. The van der Waals surface area contributed by atoms with E-state index in [1.807, 2.05) is 44.2 Å². The van der Waals surface area contributed by atoms with Crippen LogP contribution < -0.4 is 10.1 Å². The summed E-state index contributed by atoms with van der Waals surface area (Å²) >= 11 is 0. The van der Waals surface area contributed by atoms with Gasteiger partial charge in [-0.2, -0.15) is 0 Å². The van der Waals surface area contributed by atoms with Crippen molar-refractivity contribution in [2.45, 2.75) is 38.8 Å². The van der Waals surface area contributed by atoms with Crippen molar-refractivity contribution >= 4 is 5.91 Å². The van der Waals surface area contributed by atoms with E-state index >= 15 is 0 Å². The summed E-state index contributed by atoms with van der Waals surface area (Å²) in [5.41, 5.74) is 0. The van der Waals surface area contributed by atoms with E-state index in [0.717, 1.165) is 31.7 Å². The SMILES string of the molecule is CC(C)C(=O)NC1CCCN(CC(O)COc2ccccc2)C1. The molecule has 128 valence electrons. The summed E-state index contributed by atoms with van der Waals surface area (Å²) in [5.74, 6) is 0.882. The van der Waals surface area contributed by atoms with Crippen LogP contribution in [-0.2, 0) is 4.79 Å². The van der Waals surface area contributed by atoms with E-state index in [0.29, 0.717) is 6.54 Å². The third-order valence-corrected chi connectivity index (χ3v) is 4.03. The Morgan fingerprint density at radius 2 is 2.13 bits per heavy atom. The van der Waals surface area contributed by atoms with Crippen molar-refractivity contribution in [2.24, 2.45) is 5.92 Å². The number of β-amino-alcohol motifs (C(OH)–C–C–N with tert-alkyl or cyclic N) is 1. The van der Waals surface area contributed by atoms with Crippen LogP contribution in [0.3, 0.4) is 0 Å². The van der Waals surface area contributed by atoms with Crippen LogP contribution >= 0.6 is 0 Å². The maximum absolute atomic E-state index is 11.8. The second-order valence-electron chi connectivity index (χ2n) is 6.54. The number of nitrogens with zero attached hydrogens (tertiary/aromatic N) is 1. The third kappa shape index (κ3) is 6.20. The first-order valence-corrected chi connectivity index (χ1v) is 8.43. The van der Waals surface area contributed by atoms with Crippen molar-refractivity contribution in [3.05, 3.63) is 30.3 Å². The molecule has 2 N–H and O–H groups in total. The minimum absolute atomic E-state index is 0.00948. The lowest BCUT2D eigenvalue weighted by Crippen LogP contribution is -2.50. The van der Waals surface area contributed by atoms with Gasteiger partial charge in [-0.05, 0) is 31.5 Å². The predicted octanol–water partition coefficient (Wildman–Crippen LogP) is 1.66. The molecule has 0 aromatic heterocycles. The summed E-state index contributed by atoms with van der Waals surface area (Å²) in [4.78, 5) is 14.0. The first kappa shape index (κ1) is 17.8. The molecular formula is C18H28N2O3. The Hall–Kier alpha value is -1.59.